The lowest BCUT2D eigenvalue weighted by atomic mass is 9.98. The van der Waals surface area contributed by atoms with Gasteiger partial charge in [-0.15, -0.1) is 0 Å². The highest BCUT2D eigenvalue weighted by Crippen LogP contribution is 2.38. The minimum absolute atomic E-state index is 0.0497. The largest absolute Gasteiger partial charge is 0.394 e. The number of aliphatic hydroxyl groups excluding tert-OH is 1. The Morgan fingerprint density at radius 2 is 2.12 bits per heavy atom. The summed E-state index contributed by atoms with van der Waals surface area (Å²) in [5, 5.41) is 13.4. The average Bonchev–Trinajstić information content (AvgIpc) is 2.87. The molecule has 1 aliphatic heterocycles. The lowest BCUT2D eigenvalue weighted by Crippen LogP contribution is -2.49. The minimum atomic E-state index is 0.0497. The van der Waals surface area contributed by atoms with E-state index in [-0.39, 0.29) is 5.54 Å². The average molecular weight is 238 g/mol. The van der Waals surface area contributed by atoms with Gasteiger partial charge in [-0.25, -0.2) is 0 Å². The van der Waals surface area contributed by atoms with Crippen molar-refractivity contribution < 1.29 is 5.11 Å². The van der Waals surface area contributed by atoms with Gasteiger partial charge in [0.25, 0.3) is 0 Å². The van der Waals surface area contributed by atoms with Gasteiger partial charge in [-0.2, -0.15) is 0 Å². The molecule has 0 spiro atoms. The summed E-state index contributed by atoms with van der Waals surface area (Å²) >= 11 is 0. The second kappa shape index (κ2) is 4.52. The van der Waals surface area contributed by atoms with Crippen molar-refractivity contribution in [2.45, 2.75) is 75.5 Å². The smallest absolute Gasteiger partial charge is 0.0614 e. The predicted molar refractivity (Wildman–Crippen MR) is 69.0 cm³/mol. The third-order valence-corrected chi connectivity index (χ3v) is 5.05. The van der Waals surface area contributed by atoms with Crippen LogP contribution < -0.4 is 5.32 Å². The van der Waals surface area contributed by atoms with E-state index in [0.717, 1.165) is 18.9 Å². The Labute approximate surface area is 105 Å². The molecule has 3 unspecified atom stereocenters. The van der Waals surface area contributed by atoms with E-state index in [1.54, 1.807) is 0 Å². The van der Waals surface area contributed by atoms with Gasteiger partial charge >= 0.3 is 0 Å². The lowest BCUT2D eigenvalue weighted by Gasteiger charge is -2.32. The number of nitrogens with one attached hydrogen (secondary N) is 1. The van der Waals surface area contributed by atoms with Crippen LogP contribution in [0.1, 0.15) is 51.9 Å². The molecule has 2 N–H and O–H groups in total. The number of rotatable bonds is 4. The van der Waals surface area contributed by atoms with E-state index < -0.39 is 0 Å². The number of hydrogen-bond donors (Lipinski definition) is 2. The molecule has 2 aliphatic carbocycles. The maximum atomic E-state index is 9.74. The van der Waals surface area contributed by atoms with Crippen molar-refractivity contribution in [3.8, 4) is 0 Å². The number of likely N-dealkylation sites (tertiary alicyclic amines) is 1. The molecule has 98 valence electrons. The molecule has 0 aromatic heterocycles. The van der Waals surface area contributed by atoms with Gasteiger partial charge in [0.05, 0.1) is 6.61 Å². The number of nitrogens with zero attached hydrogens (tertiary/aromatic N) is 1. The first kappa shape index (κ1) is 11.9. The van der Waals surface area contributed by atoms with Crippen molar-refractivity contribution in [2.24, 2.45) is 0 Å². The van der Waals surface area contributed by atoms with Gasteiger partial charge in [-0.05, 0) is 58.4 Å². The fraction of sp³-hybridized carbons (Fsp3) is 1.00. The molecule has 3 atom stereocenters. The molecule has 3 nitrogen and oxygen atoms in total. The van der Waals surface area contributed by atoms with Crippen LogP contribution in [0, 0.1) is 0 Å². The van der Waals surface area contributed by atoms with Crippen LogP contribution in [0.5, 0.6) is 0 Å². The van der Waals surface area contributed by atoms with Crippen molar-refractivity contribution >= 4 is 0 Å². The Morgan fingerprint density at radius 1 is 1.29 bits per heavy atom. The van der Waals surface area contributed by atoms with Gasteiger partial charge in [0, 0.05) is 23.7 Å². The lowest BCUT2D eigenvalue weighted by molar-refractivity contribution is 0.138. The molecule has 3 rings (SSSR count). The van der Waals surface area contributed by atoms with Crippen molar-refractivity contribution in [3.63, 3.8) is 0 Å². The fourth-order valence-corrected chi connectivity index (χ4v) is 3.86. The molecule has 1 heterocycles. The van der Waals surface area contributed by atoms with Crippen molar-refractivity contribution in [2.75, 3.05) is 13.2 Å². The van der Waals surface area contributed by atoms with Gasteiger partial charge in [-0.3, -0.25) is 4.90 Å². The van der Waals surface area contributed by atoms with Crippen LogP contribution in [0.2, 0.25) is 0 Å². The summed E-state index contributed by atoms with van der Waals surface area (Å²) in [5.74, 6) is 0. The summed E-state index contributed by atoms with van der Waals surface area (Å²) in [6.45, 7) is 3.96. The zero-order chi connectivity index (χ0) is 11.9. The second-order valence-corrected chi connectivity index (χ2v) is 6.48. The van der Waals surface area contributed by atoms with Gasteiger partial charge in [0.2, 0.25) is 0 Å². The van der Waals surface area contributed by atoms with Crippen molar-refractivity contribution in [1.29, 1.82) is 0 Å². The number of aliphatic hydroxyl groups is 1. The quantitative estimate of drug-likeness (QED) is 0.779. The van der Waals surface area contributed by atoms with Crippen LogP contribution in [0.15, 0.2) is 0 Å². The first-order valence-electron chi connectivity index (χ1n) is 7.37. The maximum absolute atomic E-state index is 9.74. The van der Waals surface area contributed by atoms with Crippen LogP contribution in [0.4, 0.5) is 0 Å². The van der Waals surface area contributed by atoms with Crippen molar-refractivity contribution in [1.82, 2.24) is 10.2 Å². The van der Waals surface area contributed by atoms with Gasteiger partial charge < -0.3 is 10.4 Å². The standard InChI is InChI=1S/C14H26N2O/c1-11-3-2-8-16(11)13-6-7-14(9-13,10-17)15-12-4-5-12/h11-13,15,17H,2-10H2,1H3. The Kier molecular flexibility index (Phi) is 3.18. The highest BCUT2D eigenvalue weighted by Gasteiger charge is 2.44. The highest BCUT2D eigenvalue weighted by atomic mass is 16.3. The normalized spacial score (nSPS) is 43.4. The molecule has 1 saturated heterocycles. The molecule has 3 heteroatoms. The van der Waals surface area contributed by atoms with Crippen LogP contribution in [0.25, 0.3) is 0 Å². The molecular formula is C14H26N2O. The van der Waals surface area contributed by atoms with E-state index in [9.17, 15) is 5.11 Å². The molecule has 3 aliphatic rings. The Hall–Kier alpha value is -0.120. The SMILES string of the molecule is CC1CCCN1C1CCC(CO)(NC2CC2)C1. The molecule has 0 amide bonds. The first-order valence-corrected chi connectivity index (χ1v) is 7.37. The third-order valence-electron chi connectivity index (χ3n) is 5.05. The Balaban J connectivity index is 1.62. The monoisotopic (exact) mass is 238 g/mol. The summed E-state index contributed by atoms with van der Waals surface area (Å²) < 4.78 is 0. The van der Waals surface area contributed by atoms with Crippen LogP contribution in [-0.4, -0.2) is 46.8 Å². The van der Waals surface area contributed by atoms with Crippen LogP contribution in [0.3, 0.4) is 0 Å². The maximum Gasteiger partial charge on any atom is 0.0614 e. The highest BCUT2D eigenvalue weighted by molar-refractivity contribution is 5.04. The predicted octanol–water partition coefficient (Wildman–Crippen LogP) is 1.51. The summed E-state index contributed by atoms with van der Waals surface area (Å²) in [7, 11) is 0. The van der Waals surface area contributed by atoms with Crippen molar-refractivity contribution in [3.05, 3.63) is 0 Å². The first-order chi connectivity index (χ1) is 8.22. The molecule has 3 fully saturated rings. The van der Waals surface area contributed by atoms with E-state index in [1.165, 1.54) is 38.6 Å². The van der Waals surface area contributed by atoms with Gasteiger partial charge in [0.1, 0.15) is 0 Å². The molecule has 2 saturated carbocycles. The molecule has 0 radical (unpaired) electrons. The Morgan fingerprint density at radius 3 is 2.71 bits per heavy atom. The van der Waals surface area contributed by atoms with Crippen LogP contribution >= 0.6 is 0 Å². The molecule has 17 heavy (non-hydrogen) atoms. The molecular weight excluding hydrogens is 212 g/mol. The van der Waals surface area contributed by atoms with E-state index >= 15 is 0 Å². The minimum Gasteiger partial charge on any atom is -0.394 e. The summed E-state index contributed by atoms with van der Waals surface area (Å²) in [6.07, 6.45) is 8.93. The molecule has 0 aromatic rings. The third kappa shape index (κ3) is 2.38. The van der Waals surface area contributed by atoms with E-state index in [1.807, 2.05) is 0 Å². The fourth-order valence-electron chi connectivity index (χ4n) is 3.86. The summed E-state index contributed by atoms with van der Waals surface area (Å²) in [4.78, 5) is 2.69. The zero-order valence-corrected chi connectivity index (χ0v) is 11.0. The topological polar surface area (TPSA) is 35.5 Å². The summed E-state index contributed by atoms with van der Waals surface area (Å²) in [6, 6.07) is 2.18. The zero-order valence-electron chi connectivity index (χ0n) is 11.0. The van der Waals surface area contributed by atoms with Gasteiger partial charge in [-0.1, -0.05) is 0 Å². The summed E-state index contributed by atoms with van der Waals surface area (Å²) in [5.41, 5.74) is 0.0497. The molecule has 0 aromatic carbocycles. The van der Waals surface area contributed by atoms with Gasteiger partial charge in [0.15, 0.2) is 0 Å². The second-order valence-electron chi connectivity index (χ2n) is 6.48. The van der Waals surface area contributed by atoms with Crippen LogP contribution in [-0.2, 0) is 0 Å². The molecule has 0 bridgehead atoms. The van der Waals surface area contributed by atoms with E-state index in [4.69, 9.17) is 0 Å². The Bertz CT molecular complexity index is 279. The number of hydrogen-bond acceptors (Lipinski definition) is 3. The van der Waals surface area contributed by atoms with E-state index in [0.29, 0.717) is 18.7 Å². The van der Waals surface area contributed by atoms with E-state index in [2.05, 4.69) is 17.1 Å².